The average Bonchev–Trinajstić information content (AvgIpc) is 3.44. The zero-order valence-electron chi connectivity index (χ0n) is 23.9. The summed E-state index contributed by atoms with van der Waals surface area (Å²) in [7, 11) is 0. The molecule has 0 amide bonds. The van der Waals surface area contributed by atoms with Crippen molar-refractivity contribution >= 4 is 22.7 Å². The summed E-state index contributed by atoms with van der Waals surface area (Å²) in [5, 5.41) is 2.03. The molecule has 0 N–H and O–H groups in total. The Kier molecular flexibility index (Phi) is 6.02. The Labute approximate surface area is 255 Å². The maximum Gasteiger partial charge on any atom is 0.174 e. The lowest BCUT2D eigenvalue weighted by Crippen LogP contribution is -2.22. The van der Waals surface area contributed by atoms with Gasteiger partial charge in [-0.15, -0.1) is 0 Å². The first-order chi connectivity index (χ1) is 21.1. The van der Waals surface area contributed by atoms with Crippen molar-refractivity contribution in [3.63, 3.8) is 0 Å². The summed E-state index contributed by atoms with van der Waals surface area (Å²) < 4.78 is 2.17. The van der Waals surface area contributed by atoms with Gasteiger partial charge in [0.1, 0.15) is 0 Å². The topological polar surface area (TPSA) is 43.6 Å². The highest BCUT2D eigenvalue weighted by Crippen LogP contribution is 2.52. The van der Waals surface area contributed by atoms with E-state index < -0.39 is 0 Å². The SMILES string of the molecule is CC1(C)Sc2nc(-c3ccccc3)c(-c3ccccc3)n2-c2cc(-c3nc(-c4ccccc4)c4ccccc4n3)ccc21. The minimum absolute atomic E-state index is 0.170. The summed E-state index contributed by atoms with van der Waals surface area (Å²) in [6, 6.07) is 46.4. The number of nitrogens with zero attached hydrogens (tertiary/aromatic N) is 4. The fourth-order valence-corrected chi connectivity index (χ4v) is 7.18. The maximum atomic E-state index is 5.28. The minimum Gasteiger partial charge on any atom is -0.286 e. The van der Waals surface area contributed by atoms with Gasteiger partial charge in [-0.2, -0.15) is 0 Å². The lowest BCUT2D eigenvalue weighted by Gasteiger charge is -2.33. The molecule has 7 aromatic rings. The quantitative estimate of drug-likeness (QED) is 0.211. The monoisotopic (exact) mass is 572 g/mol. The molecule has 0 bridgehead atoms. The van der Waals surface area contributed by atoms with Crippen LogP contribution in [0.4, 0.5) is 0 Å². The van der Waals surface area contributed by atoms with Crippen LogP contribution in [0.15, 0.2) is 139 Å². The van der Waals surface area contributed by atoms with Crippen LogP contribution in [0.1, 0.15) is 19.4 Å². The van der Waals surface area contributed by atoms with E-state index >= 15 is 0 Å². The number of hydrogen-bond donors (Lipinski definition) is 0. The van der Waals surface area contributed by atoms with Crippen molar-refractivity contribution in [1.82, 2.24) is 19.5 Å². The van der Waals surface area contributed by atoms with Gasteiger partial charge in [0.05, 0.1) is 28.3 Å². The second kappa shape index (κ2) is 10.1. The molecular formula is C38H28N4S. The molecule has 0 unspecified atom stereocenters. The van der Waals surface area contributed by atoms with E-state index in [1.165, 1.54) is 5.56 Å². The Bertz CT molecular complexity index is 2120. The Morgan fingerprint density at radius 3 is 1.86 bits per heavy atom. The van der Waals surface area contributed by atoms with Crippen LogP contribution in [-0.4, -0.2) is 19.5 Å². The molecular weight excluding hydrogens is 545 g/mol. The van der Waals surface area contributed by atoms with E-state index in [1.807, 2.05) is 24.3 Å². The number of imidazole rings is 1. The summed E-state index contributed by atoms with van der Waals surface area (Å²) >= 11 is 1.81. The predicted octanol–water partition coefficient (Wildman–Crippen LogP) is 9.82. The molecule has 5 aromatic carbocycles. The number of hydrogen-bond acceptors (Lipinski definition) is 4. The third kappa shape index (κ3) is 4.36. The zero-order valence-corrected chi connectivity index (χ0v) is 24.7. The van der Waals surface area contributed by atoms with E-state index in [9.17, 15) is 0 Å². The summed E-state index contributed by atoms with van der Waals surface area (Å²) in [6.45, 7) is 4.55. The van der Waals surface area contributed by atoms with E-state index in [1.54, 1.807) is 11.8 Å². The summed E-state index contributed by atoms with van der Waals surface area (Å²) in [5.41, 5.74) is 10.6. The van der Waals surface area contributed by atoms with Gasteiger partial charge in [-0.1, -0.05) is 133 Å². The van der Waals surface area contributed by atoms with Gasteiger partial charge in [-0.05, 0) is 31.5 Å². The second-order valence-electron chi connectivity index (χ2n) is 11.3. The highest BCUT2D eigenvalue weighted by atomic mass is 32.2. The lowest BCUT2D eigenvalue weighted by atomic mass is 9.96. The maximum absolute atomic E-state index is 5.28. The molecule has 0 spiro atoms. The van der Waals surface area contributed by atoms with Gasteiger partial charge >= 0.3 is 0 Å². The van der Waals surface area contributed by atoms with Gasteiger partial charge < -0.3 is 0 Å². The normalized spacial score (nSPS) is 13.4. The number of fused-ring (bicyclic) bond motifs is 4. The van der Waals surface area contributed by atoms with Gasteiger partial charge in [0.15, 0.2) is 11.0 Å². The van der Waals surface area contributed by atoms with Gasteiger partial charge in [0, 0.05) is 32.4 Å². The molecule has 0 saturated carbocycles. The van der Waals surface area contributed by atoms with Crippen LogP contribution in [-0.2, 0) is 4.75 Å². The van der Waals surface area contributed by atoms with E-state index in [-0.39, 0.29) is 4.75 Å². The molecule has 8 rings (SSSR count). The standard InChI is InChI=1S/C38H28N4S/c1-38(2)30-23-22-28(36-39-31-21-13-12-20-29(31)33(40-36)25-14-6-3-7-15-25)24-32(30)42-35(27-18-10-5-11-19-27)34(41-37(42)43-38)26-16-8-4-9-17-26/h3-24H,1-2H3. The Balaban J connectivity index is 1.39. The summed E-state index contributed by atoms with van der Waals surface area (Å²) in [6.07, 6.45) is 0. The third-order valence-electron chi connectivity index (χ3n) is 8.08. The lowest BCUT2D eigenvalue weighted by molar-refractivity contribution is 0.724. The molecule has 0 aliphatic carbocycles. The van der Waals surface area contributed by atoms with Crippen molar-refractivity contribution in [3.8, 4) is 50.8 Å². The Morgan fingerprint density at radius 1 is 0.558 bits per heavy atom. The Hall–Kier alpha value is -5.00. The number of aromatic nitrogens is 4. The van der Waals surface area contributed by atoms with Crippen LogP contribution < -0.4 is 0 Å². The first-order valence-electron chi connectivity index (χ1n) is 14.5. The van der Waals surface area contributed by atoms with Crippen molar-refractivity contribution in [1.29, 1.82) is 0 Å². The van der Waals surface area contributed by atoms with Crippen molar-refractivity contribution in [3.05, 3.63) is 139 Å². The van der Waals surface area contributed by atoms with Crippen molar-refractivity contribution in [2.75, 3.05) is 0 Å². The molecule has 4 nitrogen and oxygen atoms in total. The molecule has 0 fully saturated rings. The van der Waals surface area contributed by atoms with Crippen LogP contribution in [0.2, 0.25) is 0 Å². The zero-order chi connectivity index (χ0) is 29.0. The Morgan fingerprint density at radius 2 is 1.16 bits per heavy atom. The fraction of sp³-hybridized carbons (Fsp3) is 0.0789. The third-order valence-corrected chi connectivity index (χ3v) is 9.27. The first kappa shape index (κ1) is 25.7. The van der Waals surface area contributed by atoms with E-state index in [4.69, 9.17) is 15.0 Å². The molecule has 2 aromatic heterocycles. The minimum atomic E-state index is -0.170. The van der Waals surface area contributed by atoms with Crippen molar-refractivity contribution < 1.29 is 0 Å². The van der Waals surface area contributed by atoms with E-state index in [0.29, 0.717) is 5.82 Å². The molecule has 1 aliphatic heterocycles. The van der Waals surface area contributed by atoms with Crippen molar-refractivity contribution in [2.45, 2.75) is 23.8 Å². The van der Waals surface area contributed by atoms with Crippen LogP contribution in [0.3, 0.4) is 0 Å². The van der Waals surface area contributed by atoms with Gasteiger partial charge in [-0.25, -0.2) is 15.0 Å². The molecule has 43 heavy (non-hydrogen) atoms. The predicted molar refractivity (Wildman–Crippen MR) is 177 cm³/mol. The molecule has 5 heteroatoms. The number of thioether (sulfide) groups is 1. The smallest absolute Gasteiger partial charge is 0.174 e. The number of rotatable bonds is 4. The van der Waals surface area contributed by atoms with Crippen molar-refractivity contribution in [2.24, 2.45) is 0 Å². The van der Waals surface area contributed by atoms with Gasteiger partial charge in [0.25, 0.3) is 0 Å². The molecule has 0 saturated heterocycles. The summed E-state index contributed by atoms with van der Waals surface area (Å²) in [5.74, 6) is 0.711. The molecule has 0 radical (unpaired) electrons. The largest absolute Gasteiger partial charge is 0.286 e. The highest BCUT2D eigenvalue weighted by Gasteiger charge is 2.36. The molecule has 3 heterocycles. The number of benzene rings is 5. The average molecular weight is 573 g/mol. The second-order valence-corrected chi connectivity index (χ2v) is 12.9. The van der Waals surface area contributed by atoms with Crippen LogP contribution in [0, 0.1) is 0 Å². The van der Waals surface area contributed by atoms with Crippen LogP contribution in [0.25, 0.3) is 61.8 Å². The van der Waals surface area contributed by atoms with Gasteiger partial charge in [0.2, 0.25) is 0 Å². The molecule has 206 valence electrons. The summed E-state index contributed by atoms with van der Waals surface area (Å²) in [4.78, 5) is 15.5. The van der Waals surface area contributed by atoms with Gasteiger partial charge in [-0.3, -0.25) is 4.57 Å². The first-order valence-corrected chi connectivity index (χ1v) is 15.3. The van der Waals surface area contributed by atoms with Crippen LogP contribution in [0.5, 0.6) is 0 Å². The number of para-hydroxylation sites is 1. The molecule has 0 atom stereocenters. The fourth-order valence-electron chi connectivity index (χ4n) is 6.02. The molecule has 1 aliphatic rings. The van der Waals surface area contributed by atoms with E-state index in [2.05, 4.69) is 128 Å². The van der Waals surface area contributed by atoms with E-state index in [0.717, 1.165) is 61.1 Å². The van der Waals surface area contributed by atoms with Crippen LogP contribution >= 0.6 is 11.8 Å². The highest BCUT2D eigenvalue weighted by molar-refractivity contribution is 8.00.